The number of methoxy groups -OCH3 is 1. The Morgan fingerprint density at radius 3 is 2.54 bits per heavy atom. The molecular weight excluding hydrogens is 306 g/mol. The molecular formula is C19H21NO4. The Bertz CT molecular complexity index is 695. The van der Waals surface area contributed by atoms with Crippen molar-refractivity contribution >= 4 is 17.9 Å². The molecule has 0 aromatic heterocycles. The summed E-state index contributed by atoms with van der Waals surface area (Å²) < 4.78 is 10.7. The molecule has 0 aliphatic heterocycles. The van der Waals surface area contributed by atoms with Gasteiger partial charge in [0.15, 0.2) is 0 Å². The Morgan fingerprint density at radius 2 is 1.92 bits per heavy atom. The number of hydrogen-bond acceptors (Lipinski definition) is 4. The summed E-state index contributed by atoms with van der Waals surface area (Å²) in [6, 6.07) is 12.3. The number of amides is 1. The van der Waals surface area contributed by atoms with Crippen LogP contribution < -0.4 is 14.8 Å². The number of anilines is 1. The van der Waals surface area contributed by atoms with Gasteiger partial charge < -0.3 is 14.8 Å². The van der Waals surface area contributed by atoms with Gasteiger partial charge in [0.25, 0.3) is 0 Å². The average Bonchev–Trinajstić information content (AvgIpc) is 2.61. The molecule has 0 aliphatic rings. The SMILES string of the molecule is CCCOc1ccc(C=O)cc1NC(=O)Cc1ccc(OC)cc1. The number of rotatable bonds is 8. The van der Waals surface area contributed by atoms with Crippen molar-refractivity contribution in [3.63, 3.8) is 0 Å². The normalized spacial score (nSPS) is 10.1. The minimum absolute atomic E-state index is 0.176. The quantitative estimate of drug-likeness (QED) is 0.754. The number of aldehydes is 1. The molecule has 0 saturated heterocycles. The first-order valence-electron chi connectivity index (χ1n) is 7.81. The second-order valence-electron chi connectivity index (χ2n) is 5.29. The van der Waals surface area contributed by atoms with Crippen LogP contribution in [0.4, 0.5) is 5.69 Å². The first-order valence-corrected chi connectivity index (χ1v) is 7.81. The van der Waals surface area contributed by atoms with E-state index in [1.807, 2.05) is 31.2 Å². The molecule has 0 fully saturated rings. The van der Waals surface area contributed by atoms with Crippen LogP contribution in [0.5, 0.6) is 11.5 Å². The highest BCUT2D eigenvalue weighted by molar-refractivity contribution is 5.94. The van der Waals surface area contributed by atoms with Gasteiger partial charge in [0.05, 0.1) is 25.8 Å². The van der Waals surface area contributed by atoms with Gasteiger partial charge in [-0.25, -0.2) is 0 Å². The smallest absolute Gasteiger partial charge is 0.228 e. The van der Waals surface area contributed by atoms with Crippen molar-refractivity contribution in [3.8, 4) is 11.5 Å². The molecule has 1 amide bonds. The molecule has 0 bridgehead atoms. The summed E-state index contributed by atoms with van der Waals surface area (Å²) >= 11 is 0. The number of carbonyl (C=O) groups excluding carboxylic acids is 2. The van der Waals surface area contributed by atoms with E-state index in [2.05, 4.69) is 5.32 Å². The van der Waals surface area contributed by atoms with Crippen molar-refractivity contribution in [2.75, 3.05) is 19.0 Å². The second kappa shape index (κ2) is 8.72. The lowest BCUT2D eigenvalue weighted by molar-refractivity contribution is -0.115. The summed E-state index contributed by atoms with van der Waals surface area (Å²) in [5.74, 6) is 1.13. The van der Waals surface area contributed by atoms with Gasteiger partial charge in [0.1, 0.15) is 17.8 Å². The molecule has 5 heteroatoms. The van der Waals surface area contributed by atoms with Crippen LogP contribution in [-0.2, 0) is 11.2 Å². The van der Waals surface area contributed by atoms with Crippen molar-refractivity contribution in [2.24, 2.45) is 0 Å². The molecule has 0 saturated carbocycles. The van der Waals surface area contributed by atoms with E-state index < -0.39 is 0 Å². The molecule has 2 aromatic rings. The average molecular weight is 327 g/mol. The lowest BCUT2D eigenvalue weighted by Crippen LogP contribution is -2.15. The summed E-state index contributed by atoms with van der Waals surface area (Å²) in [6.45, 7) is 2.55. The number of nitrogens with one attached hydrogen (secondary N) is 1. The Hall–Kier alpha value is -2.82. The molecule has 0 heterocycles. The monoisotopic (exact) mass is 327 g/mol. The summed E-state index contributed by atoms with van der Waals surface area (Å²) in [4.78, 5) is 23.2. The van der Waals surface area contributed by atoms with Crippen LogP contribution in [0.15, 0.2) is 42.5 Å². The number of carbonyl (C=O) groups is 2. The maximum atomic E-state index is 12.3. The van der Waals surface area contributed by atoms with Crippen molar-refractivity contribution in [2.45, 2.75) is 19.8 Å². The lowest BCUT2D eigenvalue weighted by Gasteiger charge is -2.13. The highest BCUT2D eigenvalue weighted by Crippen LogP contribution is 2.26. The van der Waals surface area contributed by atoms with Crippen LogP contribution in [0, 0.1) is 0 Å². The van der Waals surface area contributed by atoms with Crippen LogP contribution in [0.1, 0.15) is 29.3 Å². The van der Waals surface area contributed by atoms with E-state index in [0.717, 1.165) is 24.0 Å². The zero-order valence-electron chi connectivity index (χ0n) is 13.9. The highest BCUT2D eigenvalue weighted by atomic mass is 16.5. The fourth-order valence-corrected chi connectivity index (χ4v) is 2.18. The van der Waals surface area contributed by atoms with Gasteiger partial charge in [-0.1, -0.05) is 19.1 Å². The largest absolute Gasteiger partial charge is 0.497 e. The highest BCUT2D eigenvalue weighted by Gasteiger charge is 2.10. The molecule has 0 unspecified atom stereocenters. The maximum Gasteiger partial charge on any atom is 0.228 e. The van der Waals surface area contributed by atoms with Crippen LogP contribution in [0.3, 0.4) is 0 Å². The van der Waals surface area contributed by atoms with Crippen molar-refractivity contribution in [3.05, 3.63) is 53.6 Å². The van der Waals surface area contributed by atoms with Gasteiger partial charge in [-0.2, -0.15) is 0 Å². The van der Waals surface area contributed by atoms with Crippen LogP contribution in [0.2, 0.25) is 0 Å². The van der Waals surface area contributed by atoms with Gasteiger partial charge in [-0.15, -0.1) is 0 Å². The zero-order valence-corrected chi connectivity index (χ0v) is 13.9. The van der Waals surface area contributed by atoms with Crippen molar-refractivity contribution in [1.29, 1.82) is 0 Å². The third kappa shape index (κ3) is 4.84. The van der Waals surface area contributed by atoms with E-state index in [4.69, 9.17) is 9.47 Å². The van der Waals surface area contributed by atoms with E-state index in [1.165, 1.54) is 0 Å². The van der Waals surface area contributed by atoms with E-state index in [0.29, 0.717) is 23.6 Å². The molecule has 5 nitrogen and oxygen atoms in total. The Kier molecular flexibility index (Phi) is 6.37. The van der Waals surface area contributed by atoms with Crippen LogP contribution in [0.25, 0.3) is 0 Å². The first-order chi connectivity index (χ1) is 11.7. The number of benzene rings is 2. The van der Waals surface area contributed by atoms with Gasteiger partial charge in [-0.05, 0) is 42.3 Å². The maximum absolute atomic E-state index is 12.3. The molecule has 2 aromatic carbocycles. The third-order valence-corrected chi connectivity index (χ3v) is 3.40. The van der Waals surface area contributed by atoms with E-state index >= 15 is 0 Å². The predicted molar refractivity (Wildman–Crippen MR) is 92.9 cm³/mol. The van der Waals surface area contributed by atoms with Gasteiger partial charge in [0, 0.05) is 5.56 Å². The summed E-state index contributed by atoms with van der Waals surface area (Å²) in [5, 5.41) is 2.82. The summed E-state index contributed by atoms with van der Waals surface area (Å²) in [6.07, 6.45) is 1.82. The standard InChI is InChI=1S/C19H21NO4/c1-3-10-24-18-9-6-15(13-21)11-17(18)20-19(22)12-14-4-7-16(23-2)8-5-14/h4-9,11,13H,3,10,12H2,1-2H3,(H,20,22). The zero-order chi connectivity index (χ0) is 17.4. The fourth-order valence-electron chi connectivity index (χ4n) is 2.18. The molecule has 2 rings (SSSR count). The van der Waals surface area contributed by atoms with Crippen LogP contribution >= 0.6 is 0 Å². The Labute approximate surface area is 141 Å². The Balaban J connectivity index is 2.09. The summed E-state index contributed by atoms with van der Waals surface area (Å²) in [5.41, 5.74) is 1.86. The van der Waals surface area contributed by atoms with Gasteiger partial charge in [-0.3, -0.25) is 9.59 Å². The summed E-state index contributed by atoms with van der Waals surface area (Å²) in [7, 11) is 1.60. The van der Waals surface area contributed by atoms with E-state index in [-0.39, 0.29) is 12.3 Å². The van der Waals surface area contributed by atoms with Crippen LogP contribution in [-0.4, -0.2) is 25.9 Å². The molecule has 0 aliphatic carbocycles. The third-order valence-electron chi connectivity index (χ3n) is 3.40. The minimum Gasteiger partial charge on any atom is -0.497 e. The molecule has 0 radical (unpaired) electrons. The van der Waals surface area contributed by atoms with Gasteiger partial charge >= 0.3 is 0 Å². The minimum atomic E-state index is -0.176. The molecule has 0 spiro atoms. The van der Waals surface area contributed by atoms with Crippen molar-refractivity contribution < 1.29 is 19.1 Å². The topological polar surface area (TPSA) is 64.6 Å². The van der Waals surface area contributed by atoms with Crippen molar-refractivity contribution in [1.82, 2.24) is 0 Å². The predicted octanol–water partition coefficient (Wildman–Crippen LogP) is 3.48. The number of ether oxygens (including phenoxy) is 2. The second-order valence-corrected chi connectivity index (χ2v) is 5.29. The molecule has 24 heavy (non-hydrogen) atoms. The Morgan fingerprint density at radius 1 is 1.17 bits per heavy atom. The molecule has 1 N–H and O–H groups in total. The fraction of sp³-hybridized carbons (Fsp3) is 0.263. The van der Waals surface area contributed by atoms with E-state index in [1.54, 1.807) is 25.3 Å². The van der Waals surface area contributed by atoms with Gasteiger partial charge in [0.2, 0.25) is 5.91 Å². The molecule has 0 atom stereocenters. The lowest BCUT2D eigenvalue weighted by atomic mass is 10.1. The first kappa shape index (κ1) is 17.5. The molecule has 126 valence electrons. The number of hydrogen-bond donors (Lipinski definition) is 1. The van der Waals surface area contributed by atoms with E-state index in [9.17, 15) is 9.59 Å².